The molecule has 0 fully saturated rings. The first-order chi connectivity index (χ1) is 12.3. The first-order valence-corrected chi connectivity index (χ1v) is 8.26. The smallest absolute Gasteiger partial charge is 0.315 e. The van der Waals surface area contributed by atoms with Crippen molar-refractivity contribution in [2.45, 2.75) is 26.0 Å². The molecule has 3 aromatic rings. The van der Waals surface area contributed by atoms with Gasteiger partial charge in [0.1, 0.15) is 5.82 Å². The molecule has 0 aliphatic heterocycles. The monoisotopic (exact) mass is 339 g/mol. The largest absolute Gasteiger partial charge is 0.392 e. The minimum atomic E-state index is -0.223. The lowest BCUT2D eigenvalue weighted by Crippen LogP contribution is -2.35. The zero-order valence-electron chi connectivity index (χ0n) is 13.9. The van der Waals surface area contributed by atoms with Gasteiger partial charge < -0.3 is 15.7 Å². The van der Waals surface area contributed by atoms with Gasteiger partial charge in [-0.1, -0.05) is 30.3 Å². The molecule has 1 aromatic carbocycles. The fourth-order valence-electron chi connectivity index (χ4n) is 2.63. The summed E-state index contributed by atoms with van der Waals surface area (Å²) < 4.78 is 1.95. The lowest BCUT2D eigenvalue weighted by atomic mass is 10.1. The van der Waals surface area contributed by atoms with Gasteiger partial charge in [0.2, 0.25) is 0 Å². The summed E-state index contributed by atoms with van der Waals surface area (Å²) in [5, 5.41) is 23.2. The molecule has 3 rings (SSSR count). The van der Waals surface area contributed by atoms with Crippen LogP contribution in [0.5, 0.6) is 0 Å². The number of rotatable bonds is 7. The number of benzene rings is 1. The van der Waals surface area contributed by atoms with E-state index in [1.54, 1.807) is 0 Å². The Balaban J connectivity index is 1.41. The van der Waals surface area contributed by atoms with E-state index in [1.165, 1.54) is 0 Å². The lowest BCUT2D eigenvalue weighted by Gasteiger charge is -2.10. The number of fused-ring (bicyclic) bond motifs is 1. The summed E-state index contributed by atoms with van der Waals surface area (Å²) in [5.74, 6) is 0.884. The second kappa shape index (κ2) is 8.25. The van der Waals surface area contributed by atoms with Crippen molar-refractivity contribution in [2.24, 2.45) is 0 Å². The first kappa shape index (κ1) is 16.9. The summed E-state index contributed by atoms with van der Waals surface area (Å²) in [5.41, 5.74) is 2.56. The van der Waals surface area contributed by atoms with E-state index in [4.69, 9.17) is 0 Å². The molecule has 130 valence electrons. The summed E-state index contributed by atoms with van der Waals surface area (Å²) in [4.78, 5) is 11.9. The van der Waals surface area contributed by atoms with Crippen molar-refractivity contribution in [1.82, 2.24) is 25.2 Å². The van der Waals surface area contributed by atoms with Crippen molar-refractivity contribution >= 4 is 11.7 Å². The van der Waals surface area contributed by atoms with Crippen molar-refractivity contribution in [3.8, 4) is 0 Å². The standard InChI is InChI=1S/C18H21N5O2/c24-13-15-7-2-1-6-14(15)12-20-18(25)19-10-5-9-17-22-21-16-8-3-4-11-23(16)17/h1-4,6-8,11,24H,5,9-10,12-13H2,(H2,19,20,25). The number of aryl methyl sites for hydroxylation is 1. The molecule has 0 unspecified atom stereocenters. The van der Waals surface area contributed by atoms with E-state index in [-0.39, 0.29) is 12.6 Å². The number of amides is 2. The number of nitrogens with one attached hydrogen (secondary N) is 2. The van der Waals surface area contributed by atoms with Gasteiger partial charge in [0.25, 0.3) is 0 Å². The molecular formula is C18H21N5O2. The third-order valence-electron chi connectivity index (χ3n) is 3.98. The van der Waals surface area contributed by atoms with Crippen molar-refractivity contribution in [3.05, 3.63) is 65.6 Å². The maximum atomic E-state index is 11.9. The molecule has 7 heteroatoms. The van der Waals surface area contributed by atoms with Gasteiger partial charge in [-0.3, -0.25) is 4.40 Å². The average molecular weight is 339 g/mol. The summed E-state index contributed by atoms with van der Waals surface area (Å²) in [6, 6.07) is 13.0. The number of aromatic nitrogens is 3. The molecule has 2 amide bonds. The van der Waals surface area contributed by atoms with Gasteiger partial charge >= 0.3 is 6.03 Å². The highest BCUT2D eigenvalue weighted by molar-refractivity contribution is 5.73. The third-order valence-corrected chi connectivity index (χ3v) is 3.98. The number of aliphatic hydroxyl groups excluding tert-OH is 1. The maximum Gasteiger partial charge on any atom is 0.315 e. The van der Waals surface area contributed by atoms with Gasteiger partial charge in [0, 0.05) is 25.7 Å². The number of urea groups is 1. The Labute approximate surface area is 145 Å². The molecule has 2 aromatic heterocycles. The zero-order chi connectivity index (χ0) is 17.5. The number of nitrogens with zero attached hydrogens (tertiary/aromatic N) is 3. The second-order valence-corrected chi connectivity index (χ2v) is 5.68. The van der Waals surface area contributed by atoms with Crippen LogP contribution in [0, 0.1) is 0 Å². The van der Waals surface area contributed by atoms with Gasteiger partial charge in [0.15, 0.2) is 5.65 Å². The van der Waals surface area contributed by atoms with E-state index in [0.717, 1.165) is 35.4 Å². The van der Waals surface area contributed by atoms with Gasteiger partial charge in [-0.2, -0.15) is 0 Å². The maximum absolute atomic E-state index is 11.9. The molecule has 0 radical (unpaired) electrons. The van der Waals surface area contributed by atoms with E-state index >= 15 is 0 Å². The number of pyridine rings is 1. The molecule has 0 spiro atoms. The van der Waals surface area contributed by atoms with Crippen LogP contribution in [0.2, 0.25) is 0 Å². The van der Waals surface area contributed by atoms with Crippen LogP contribution in [0.1, 0.15) is 23.4 Å². The molecular weight excluding hydrogens is 318 g/mol. The van der Waals surface area contributed by atoms with Crippen LogP contribution >= 0.6 is 0 Å². The first-order valence-electron chi connectivity index (χ1n) is 8.26. The Bertz CT molecular complexity index is 846. The molecule has 25 heavy (non-hydrogen) atoms. The van der Waals surface area contributed by atoms with Crippen LogP contribution in [-0.4, -0.2) is 32.3 Å². The predicted molar refractivity (Wildman–Crippen MR) is 93.9 cm³/mol. The normalized spacial score (nSPS) is 10.8. The van der Waals surface area contributed by atoms with Gasteiger partial charge in [-0.05, 0) is 29.7 Å². The van der Waals surface area contributed by atoms with Gasteiger partial charge in [-0.25, -0.2) is 4.79 Å². The van der Waals surface area contributed by atoms with E-state index in [2.05, 4.69) is 20.8 Å². The van der Waals surface area contributed by atoms with Crippen molar-refractivity contribution in [3.63, 3.8) is 0 Å². The Kier molecular flexibility index (Phi) is 5.58. The number of carbonyl (C=O) groups excluding carboxylic acids is 1. The van der Waals surface area contributed by atoms with E-state index < -0.39 is 0 Å². The SMILES string of the molecule is O=C(NCCCc1nnc2ccccn12)NCc1ccccc1CO. The summed E-state index contributed by atoms with van der Waals surface area (Å²) in [6.07, 6.45) is 3.44. The van der Waals surface area contributed by atoms with Crippen molar-refractivity contribution in [2.75, 3.05) is 6.54 Å². The van der Waals surface area contributed by atoms with Gasteiger partial charge in [-0.15, -0.1) is 10.2 Å². The quantitative estimate of drug-likeness (QED) is 0.571. The molecule has 0 aliphatic rings. The Morgan fingerprint density at radius 2 is 1.84 bits per heavy atom. The Morgan fingerprint density at radius 1 is 1.04 bits per heavy atom. The molecule has 0 saturated heterocycles. The third kappa shape index (κ3) is 4.33. The van der Waals surface area contributed by atoms with Crippen molar-refractivity contribution in [1.29, 1.82) is 0 Å². The average Bonchev–Trinajstić information content (AvgIpc) is 3.07. The zero-order valence-corrected chi connectivity index (χ0v) is 13.9. The highest BCUT2D eigenvalue weighted by Crippen LogP contribution is 2.08. The summed E-state index contributed by atoms with van der Waals surface area (Å²) in [6.45, 7) is 0.901. The molecule has 0 bridgehead atoms. The number of hydrogen-bond donors (Lipinski definition) is 3. The number of aliphatic hydroxyl groups is 1. The predicted octanol–water partition coefficient (Wildman–Crippen LogP) is 1.65. The lowest BCUT2D eigenvalue weighted by molar-refractivity contribution is 0.240. The molecule has 3 N–H and O–H groups in total. The molecule has 0 aliphatic carbocycles. The fraction of sp³-hybridized carbons (Fsp3) is 0.278. The van der Waals surface area contributed by atoms with Gasteiger partial charge in [0.05, 0.1) is 6.61 Å². The fourth-order valence-corrected chi connectivity index (χ4v) is 2.63. The molecule has 0 saturated carbocycles. The number of carbonyl (C=O) groups is 1. The van der Waals surface area contributed by atoms with Crippen molar-refractivity contribution < 1.29 is 9.90 Å². The van der Waals surface area contributed by atoms with E-state index in [1.807, 2.05) is 53.1 Å². The highest BCUT2D eigenvalue weighted by Gasteiger charge is 2.06. The van der Waals surface area contributed by atoms with Crippen LogP contribution in [0.15, 0.2) is 48.7 Å². The van der Waals surface area contributed by atoms with Crippen LogP contribution in [-0.2, 0) is 19.6 Å². The minimum absolute atomic E-state index is 0.0359. The molecule has 0 atom stereocenters. The van der Waals surface area contributed by atoms with E-state index in [0.29, 0.717) is 13.1 Å². The Hall–Kier alpha value is -2.93. The number of hydrogen-bond acceptors (Lipinski definition) is 4. The Morgan fingerprint density at radius 3 is 2.68 bits per heavy atom. The minimum Gasteiger partial charge on any atom is -0.392 e. The van der Waals surface area contributed by atoms with Crippen LogP contribution < -0.4 is 10.6 Å². The topological polar surface area (TPSA) is 91.6 Å². The van der Waals surface area contributed by atoms with Crippen LogP contribution in [0.4, 0.5) is 4.79 Å². The molecule has 7 nitrogen and oxygen atoms in total. The second-order valence-electron chi connectivity index (χ2n) is 5.68. The van der Waals surface area contributed by atoms with Crippen LogP contribution in [0.25, 0.3) is 5.65 Å². The molecule has 2 heterocycles. The van der Waals surface area contributed by atoms with E-state index in [9.17, 15) is 9.90 Å². The summed E-state index contributed by atoms with van der Waals surface area (Å²) >= 11 is 0. The highest BCUT2D eigenvalue weighted by atomic mass is 16.3. The van der Waals surface area contributed by atoms with Crippen LogP contribution in [0.3, 0.4) is 0 Å². The summed E-state index contributed by atoms with van der Waals surface area (Å²) in [7, 11) is 0.